The molecule has 0 amide bonds. The van der Waals surface area contributed by atoms with E-state index in [0.29, 0.717) is 13.0 Å². The van der Waals surface area contributed by atoms with Gasteiger partial charge in [-0.05, 0) is 25.5 Å². The van der Waals surface area contributed by atoms with Crippen LogP contribution in [-0.4, -0.2) is 42.8 Å². The highest BCUT2D eigenvalue weighted by atomic mass is 32.2. The largest absolute Gasteiger partial charge is 0.324 e. The number of hydrogen-bond donors (Lipinski definition) is 0. The lowest BCUT2D eigenvalue weighted by Crippen LogP contribution is -2.46. The number of sulfone groups is 1. The van der Waals surface area contributed by atoms with Gasteiger partial charge in [0.05, 0.1) is 10.2 Å². The van der Waals surface area contributed by atoms with Gasteiger partial charge in [-0.15, -0.1) is 0 Å². The second kappa shape index (κ2) is 6.41. The molecule has 0 N–H and O–H groups in total. The van der Waals surface area contributed by atoms with Gasteiger partial charge in [0.15, 0.2) is 9.84 Å². The molecule has 1 aliphatic rings. The average molecular weight is 332 g/mol. The summed E-state index contributed by atoms with van der Waals surface area (Å²) in [5.41, 5.74) is 0.868. The summed E-state index contributed by atoms with van der Waals surface area (Å²) < 4.78 is 23.9. The molecule has 1 fully saturated rings. The molecule has 1 aromatic heterocycles. The van der Waals surface area contributed by atoms with Crippen molar-refractivity contribution in [2.24, 2.45) is 0 Å². The Labute approximate surface area is 128 Å². The number of thiophene rings is 1. The van der Waals surface area contributed by atoms with Crippen molar-refractivity contribution in [1.82, 2.24) is 4.90 Å². The third-order valence-electron chi connectivity index (χ3n) is 4.04. The first-order chi connectivity index (χ1) is 9.79. The van der Waals surface area contributed by atoms with E-state index >= 15 is 0 Å². The van der Waals surface area contributed by atoms with E-state index in [-0.39, 0.29) is 16.3 Å². The summed E-state index contributed by atoms with van der Waals surface area (Å²) in [5, 5.41) is 12.3. The van der Waals surface area contributed by atoms with Gasteiger partial charge in [0.25, 0.3) is 0 Å². The summed E-state index contributed by atoms with van der Waals surface area (Å²) >= 11 is 1.11. The molecular weight excluding hydrogens is 312 g/mol. The lowest BCUT2D eigenvalue weighted by atomic mass is 9.93. The van der Waals surface area contributed by atoms with Crippen molar-refractivity contribution in [2.45, 2.75) is 43.5 Å². The summed E-state index contributed by atoms with van der Waals surface area (Å²) in [7, 11) is -1.17. The second-order valence-corrected chi connectivity index (χ2v) is 8.84. The maximum atomic E-state index is 11.9. The molecule has 8 heteroatoms. The smallest absolute Gasteiger partial charge is 0.298 e. The zero-order valence-corrected chi connectivity index (χ0v) is 13.8. The Morgan fingerprint density at radius 2 is 2.10 bits per heavy atom. The SMILES string of the molecule is CN(Cc1csc([N+](=O)[O-])c1)[C@@H]1CCCC[C@H]1S(C)(=O)=O. The van der Waals surface area contributed by atoms with E-state index < -0.39 is 14.8 Å². The minimum Gasteiger partial charge on any atom is -0.298 e. The molecule has 118 valence electrons. The van der Waals surface area contributed by atoms with Crippen molar-refractivity contribution in [3.63, 3.8) is 0 Å². The van der Waals surface area contributed by atoms with Crippen LogP contribution in [0.2, 0.25) is 0 Å². The molecular formula is C13H20N2O4S2. The van der Waals surface area contributed by atoms with E-state index in [1.165, 1.54) is 6.26 Å². The van der Waals surface area contributed by atoms with Crippen LogP contribution in [-0.2, 0) is 16.4 Å². The normalized spacial score (nSPS) is 23.4. The van der Waals surface area contributed by atoms with E-state index in [9.17, 15) is 18.5 Å². The monoisotopic (exact) mass is 332 g/mol. The highest BCUT2D eigenvalue weighted by Crippen LogP contribution is 2.29. The topological polar surface area (TPSA) is 80.5 Å². The van der Waals surface area contributed by atoms with Gasteiger partial charge in [-0.2, -0.15) is 0 Å². The molecule has 2 rings (SSSR count). The van der Waals surface area contributed by atoms with Crippen molar-refractivity contribution in [2.75, 3.05) is 13.3 Å². The molecule has 1 saturated carbocycles. The molecule has 0 spiro atoms. The van der Waals surface area contributed by atoms with Crippen LogP contribution in [0.5, 0.6) is 0 Å². The number of rotatable bonds is 5. The van der Waals surface area contributed by atoms with Gasteiger partial charge in [0.1, 0.15) is 0 Å². The predicted octanol–water partition coefficient (Wildman–Crippen LogP) is 2.44. The Hall–Kier alpha value is -0.990. The van der Waals surface area contributed by atoms with Gasteiger partial charge in [-0.1, -0.05) is 24.2 Å². The highest BCUT2D eigenvalue weighted by molar-refractivity contribution is 7.91. The van der Waals surface area contributed by atoms with Gasteiger partial charge in [0, 0.05) is 30.3 Å². The maximum absolute atomic E-state index is 11.9. The lowest BCUT2D eigenvalue weighted by Gasteiger charge is -2.36. The molecule has 1 aromatic rings. The molecule has 2 atom stereocenters. The summed E-state index contributed by atoms with van der Waals surface area (Å²) in [6, 6.07) is 1.56. The van der Waals surface area contributed by atoms with Gasteiger partial charge in [-0.3, -0.25) is 15.0 Å². The molecule has 0 saturated heterocycles. The Morgan fingerprint density at radius 1 is 1.43 bits per heavy atom. The quantitative estimate of drug-likeness (QED) is 0.611. The second-order valence-electron chi connectivity index (χ2n) is 5.69. The molecule has 0 bridgehead atoms. The van der Waals surface area contributed by atoms with Gasteiger partial charge < -0.3 is 0 Å². The fourth-order valence-electron chi connectivity index (χ4n) is 3.03. The predicted molar refractivity (Wildman–Crippen MR) is 83.3 cm³/mol. The summed E-state index contributed by atoms with van der Waals surface area (Å²) in [4.78, 5) is 12.3. The van der Waals surface area contributed by atoms with Crippen LogP contribution in [0.1, 0.15) is 31.2 Å². The van der Waals surface area contributed by atoms with E-state index in [1.807, 2.05) is 11.9 Å². The number of nitro groups is 1. The first kappa shape index (κ1) is 16.4. The van der Waals surface area contributed by atoms with Crippen molar-refractivity contribution >= 4 is 26.2 Å². The zero-order chi connectivity index (χ0) is 15.6. The molecule has 21 heavy (non-hydrogen) atoms. The average Bonchev–Trinajstić information content (AvgIpc) is 2.86. The standard InChI is InChI=1S/C13H20N2O4S2/c1-14(8-10-7-13(15(16)17)20-9-10)11-5-3-4-6-12(11)21(2,18)19/h7,9,11-12H,3-6,8H2,1-2H3/t11-,12-/m1/s1. The third-order valence-corrected chi connectivity index (χ3v) is 6.61. The van der Waals surface area contributed by atoms with Crippen LogP contribution < -0.4 is 0 Å². The molecule has 1 aliphatic carbocycles. The fourth-order valence-corrected chi connectivity index (χ4v) is 5.26. The first-order valence-corrected chi connectivity index (χ1v) is 9.73. The lowest BCUT2D eigenvalue weighted by molar-refractivity contribution is -0.380. The van der Waals surface area contributed by atoms with Gasteiger partial charge >= 0.3 is 5.00 Å². The van der Waals surface area contributed by atoms with E-state index in [4.69, 9.17) is 0 Å². The molecule has 0 aromatic carbocycles. The van der Waals surface area contributed by atoms with Crippen molar-refractivity contribution < 1.29 is 13.3 Å². The van der Waals surface area contributed by atoms with Crippen molar-refractivity contribution in [3.05, 3.63) is 27.1 Å². The van der Waals surface area contributed by atoms with E-state index in [2.05, 4.69) is 0 Å². The zero-order valence-electron chi connectivity index (χ0n) is 12.2. The Kier molecular flexibility index (Phi) is 5.00. The van der Waals surface area contributed by atoms with Crippen LogP contribution >= 0.6 is 11.3 Å². The minimum atomic E-state index is -3.07. The molecule has 1 heterocycles. The summed E-state index contributed by atoms with van der Waals surface area (Å²) in [6.45, 7) is 0.543. The van der Waals surface area contributed by atoms with E-state index in [1.54, 1.807) is 11.4 Å². The van der Waals surface area contributed by atoms with Crippen LogP contribution in [0.15, 0.2) is 11.4 Å². The maximum Gasteiger partial charge on any atom is 0.324 e. The summed E-state index contributed by atoms with van der Waals surface area (Å²) in [5.74, 6) is 0. The molecule has 0 radical (unpaired) electrons. The summed E-state index contributed by atoms with van der Waals surface area (Å²) in [6.07, 6.45) is 4.86. The third kappa shape index (κ3) is 4.02. The molecule has 6 nitrogen and oxygen atoms in total. The van der Waals surface area contributed by atoms with Crippen LogP contribution in [0.25, 0.3) is 0 Å². The fraction of sp³-hybridized carbons (Fsp3) is 0.692. The van der Waals surface area contributed by atoms with Crippen LogP contribution in [0.3, 0.4) is 0 Å². The number of hydrogen-bond acceptors (Lipinski definition) is 6. The molecule has 0 aliphatic heterocycles. The van der Waals surface area contributed by atoms with Crippen molar-refractivity contribution in [1.29, 1.82) is 0 Å². The Balaban J connectivity index is 2.10. The Morgan fingerprint density at radius 3 is 2.67 bits per heavy atom. The first-order valence-electron chi connectivity index (χ1n) is 6.90. The molecule has 0 unspecified atom stereocenters. The minimum absolute atomic E-state index is 0.00675. The van der Waals surface area contributed by atoms with Crippen LogP contribution in [0.4, 0.5) is 5.00 Å². The Bertz CT molecular complexity index is 611. The van der Waals surface area contributed by atoms with Gasteiger partial charge in [-0.25, -0.2) is 8.42 Å². The van der Waals surface area contributed by atoms with Gasteiger partial charge in [0.2, 0.25) is 0 Å². The van der Waals surface area contributed by atoms with E-state index in [0.717, 1.165) is 36.2 Å². The van der Waals surface area contributed by atoms with Crippen LogP contribution in [0, 0.1) is 10.1 Å². The van der Waals surface area contributed by atoms with Crippen molar-refractivity contribution in [3.8, 4) is 0 Å². The number of nitrogens with zero attached hydrogens (tertiary/aromatic N) is 2. The highest BCUT2D eigenvalue weighted by Gasteiger charge is 2.35.